The van der Waals surface area contributed by atoms with Gasteiger partial charge >= 0.3 is 0 Å². The minimum absolute atomic E-state index is 0.0466. The van der Waals surface area contributed by atoms with Gasteiger partial charge in [-0.2, -0.15) is 5.10 Å². The smallest absolute Gasteiger partial charge is 0.241 e. The van der Waals surface area contributed by atoms with Crippen LogP contribution in [0.15, 0.2) is 40.6 Å². The van der Waals surface area contributed by atoms with E-state index in [0.717, 1.165) is 41.5 Å². The van der Waals surface area contributed by atoms with Crippen molar-refractivity contribution in [1.82, 2.24) is 20.5 Å². The predicted molar refractivity (Wildman–Crippen MR) is 81.2 cm³/mol. The number of nitrogens with one attached hydrogen (secondary N) is 3. The van der Waals surface area contributed by atoms with E-state index in [2.05, 4.69) is 25.8 Å². The van der Waals surface area contributed by atoms with Crippen LogP contribution in [0.1, 0.15) is 19.3 Å². The summed E-state index contributed by atoms with van der Waals surface area (Å²) in [4.78, 5) is 17.2. The molecule has 1 unspecified atom stereocenters. The van der Waals surface area contributed by atoms with Gasteiger partial charge in [0.05, 0.1) is 6.04 Å². The predicted octanol–water partition coefficient (Wildman–Crippen LogP) is 2.04. The molecule has 1 atom stereocenters. The quantitative estimate of drug-likeness (QED) is 0.805. The van der Waals surface area contributed by atoms with Crippen molar-refractivity contribution < 1.29 is 4.79 Å². The normalized spacial score (nSPS) is 18.4. The lowest BCUT2D eigenvalue weighted by atomic mass is 10.0. The highest BCUT2D eigenvalue weighted by Gasteiger charge is 2.20. The molecule has 1 aliphatic heterocycles. The summed E-state index contributed by atoms with van der Waals surface area (Å²) < 4.78 is 0. The summed E-state index contributed by atoms with van der Waals surface area (Å²) in [6.45, 7) is 0.921. The second-order valence-corrected chi connectivity index (χ2v) is 5.97. The van der Waals surface area contributed by atoms with Crippen molar-refractivity contribution in [2.24, 2.45) is 0 Å². The average Bonchev–Trinajstić information content (AvgIpc) is 3.03. The zero-order valence-electron chi connectivity index (χ0n) is 11.5. The number of aromatic amines is 1. The molecule has 2 heterocycles. The number of aromatic nitrogens is 3. The highest BCUT2D eigenvalue weighted by atomic mass is 32.2. The molecule has 1 aromatic heterocycles. The molecule has 1 amide bonds. The molecule has 21 heavy (non-hydrogen) atoms. The zero-order valence-corrected chi connectivity index (χ0v) is 12.3. The highest BCUT2D eigenvalue weighted by Crippen LogP contribution is 2.25. The summed E-state index contributed by atoms with van der Waals surface area (Å²) in [5.41, 5.74) is 0.814. The van der Waals surface area contributed by atoms with Gasteiger partial charge in [-0.15, -0.1) is 0 Å². The molecule has 7 heteroatoms. The lowest BCUT2D eigenvalue weighted by Gasteiger charge is -2.22. The van der Waals surface area contributed by atoms with Crippen molar-refractivity contribution in [2.45, 2.75) is 35.4 Å². The van der Waals surface area contributed by atoms with E-state index in [4.69, 9.17) is 0 Å². The van der Waals surface area contributed by atoms with Gasteiger partial charge in [-0.25, -0.2) is 4.98 Å². The second kappa shape index (κ2) is 6.73. The summed E-state index contributed by atoms with van der Waals surface area (Å²) in [6.07, 6.45) is 4.65. The number of hydrogen-bond donors (Lipinski definition) is 3. The summed E-state index contributed by atoms with van der Waals surface area (Å²) in [5, 5.41) is 13.5. The largest absolute Gasteiger partial charge is 0.325 e. The third-order valence-electron chi connectivity index (χ3n) is 3.36. The fraction of sp³-hybridized carbons (Fsp3) is 0.357. The van der Waals surface area contributed by atoms with Crippen LogP contribution in [-0.4, -0.2) is 33.7 Å². The first-order valence-corrected chi connectivity index (χ1v) is 7.80. The van der Waals surface area contributed by atoms with E-state index in [1.807, 2.05) is 24.3 Å². The lowest BCUT2D eigenvalue weighted by molar-refractivity contribution is -0.118. The molecule has 1 fully saturated rings. The van der Waals surface area contributed by atoms with Gasteiger partial charge in [-0.3, -0.25) is 9.89 Å². The number of nitrogens with zero attached hydrogens (tertiary/aromatic N) is 2. The Morgan fingerprint density at radius 2 is 2.14 bits per heavy atom. The molecule has 0 aliphatic carbocycles. The fourth-order valence-electron chi connectivity index (χ4n) is 2.27. The third kappa shape index (κ3) is 3.83. The average molecular weight is 303 g/mol. The zero-order chi connectivity index (χ0) is 14.5. The Balaban J connectivity index is 1.57. The van der Waals surface area contributed by atoms with Crippen molar-refractivity contribution in [2.75, 3.05) is 11.9 Å². The Morgan fingerprint density at radius 1 is 1.29 bits per heavy atom. The molecule has 3 rings (SSSR count). The molecule has 0 spiro atoms. The minimum atomic E-state index is -0.0676. The van der Waals surface area contributed by atoms with Crippen molar-refractivity contribution >= 4 is 23.4 Å². The first-order valence-electron chi connectivity index (χ1n) is 6.99. The van der Waals surface area contributed by atoms with E-state index >= 15 is 0 Å². The standard InChI is InChI=1S/C14H17N5OS/c20-13(12-3-1-2-8-15-12)18-10-4-6-11(7-5-10)21-14-16-9-17-19-14/h4-7,9,12,15H,1-3,8H2,(H,18,20)(H,16,17,19). The van der Waals surface area contributed by atoms with Gasteiger partial charge in [0.2, 0.25) is 5.91 Å². The van der Waals surface area contributed by atoms with Gasteiger partial charge in [0, 0.05) is 10.6 Å². The van der Waals surface area contributed by atoms with Gasteiger partial charge < -0.3 is 10.6 Å². The molecule has 3 N–H and O–H groups in total. The van der Waals surface area contributed by atoms with Crippen LogP contribution >= 0.6 is 11.8 Å². The molecule has 6 nitrogen and oxygen atoms in total. The number of amides is 1. The molecule has 110 valence electrons. The lowest BCUT2D eigenvalue weighted by Crippen LogP contribution is -2.43. The molecule has 0 saturated carbocycles. The Kier molecular flexibility index (Phi) is 4.52. The number of anilines is 1. The Morgan fingerprint density at radius 3 is 2.81 bits per heavy atom. The molecule has 1 aliphatic rings. The fourth-order valence-corrected chi connectivity index (χ4v) is 2.96. The van der Waals surface area contributed by atoms with Crippen molar-refractivity contribution in [3.8, 4) is 0 Å². The third-order valence-corrected chi connectivity index (χ3v) is 4.25. The van der Waals surface area contributed by atoms with E-state index in [-0.39, 0.29) is 11.9 Å². The van der Waals surface area contributed by atoms with Gasteiger partial charge in [0.15, 0.2) is 5.16 Å². The van der Waals surface area contributed by atoms with Gasteiger partial charge in [0.25, 0.3) is 0 Å². The van der Waals surface area contributed by atoms with Crippen LogP contribution in [0.25, 0.3) is 0 Å². The Labute approximate surface area is 127 Å². The minimum Gasteiger partial charge on any atom is -0.325 e. The van der Waals surface area contributed by atoms with Crippen LogP contribution in [0.2, 0.25) is 0 Å². The molecule has 1 aromatic carbocycles. The maximum absolute atomic E-state index is 12.1. The number of H-pyrrole nitrogens is 1. The molecular formula is C14H17N5OS. The maximum Gasteiger partial charge on any atom is 0.241 e. The van der Waals surface area contributed by atoms with E-state index in [1.165, 1.54) is 18.1 Å². The molecule has 1 saturated heterocycles. The van der Waals surface area contributed by atoms with Crippen molar-refractivity contribution in [3.05, 3.63) is 30.6 Å². The maximum atomic E-state index is 12.1. The summed E-state index contributed by atoms with van der Waals surface area (Å²) in [5.74, 6) is 0.0466. The number of rotatable bonds is 4. The van der Waals surface area contributed by atoms with E-state index in [9.17, 15) is 4.79 Å². The van der Waals surface area contributed by atoms with Crippen molar-refractivity contribution in [3.63, 3.8) is 0 Å². The molecular weight excluding hydrogens is 286 g/mol. The first kappa shape index (κ1) is 14.1. The number of piperidine rings is 1. The topological polar surface area (TPSA) is 82.7 Å². The van der Waals surface area contributed by atoms with Crippen molar-refractivity contribution in [1.29, 1.82) is 0 Å². The van der Waals surface area contributed by atoms with Crippen LogP contribution in [0, 0.1) is 0 Å². The molecule has 0 radical (unpaired) electrons. The highest BCUT2D eigenvalue weighted by molar-refractivity contribution is 7.99. The number of carbonyl (C=O) groups excluding carboxylic acids is 1. The van der Waals surface area contributed by atoms with Crippen LogP contribution < -0.4 is 10.6 Å². The van der Waals surface area contributed by atoms with Crippen LogP contribution in [0.4, 0.5) is 5.69 Å². The number of carbonyl (C=O) groups is 1. The molecule has 2 aromatic rings. The number of benzene rings is 1. The summed E-state index contributed by atoms with van der Waals surface area (Å²) in [7, 11) is 0. The Bertz CT molecular complexity index is 578. The van der Waals surface area contributed by atoms with Gasteiger partial charge in [0.1, 0.15) is 6.33 Å². The van der Waals surface area contributed by atoms with E-state index in [1.54, 1.807) is 0 Å². The van der Waals surface area contributed by atoms with Crippen LogP contribution in [-0.2, 0) is 4.79 Å². The van der Waals surface area contributed by atoms with E-state index < -0.39 is 0 Å². The van der Waals surface area contributed by atoms with Gasteiger partial charge in [-0.05, 0) is 43.7 Å². The van der Waals surface area contributed by atoms with Gasteiger partial charge in [-0.1, -0.05) is 18.2 Å². The first-order chi connectivity index (χ1) is 10.3. The Hall–Kier alpha value is -1.86. The monoisotopic (exact) mass is 303 g/mol. The second-order valence-electron chi connectivity index (χ2n) is 4.91. The van der Waals surface area contributed by atoms with E-state index in [0.29, 0.717) is 0 Å². The van der Waals surface area contributed by atoms with Crippen LogP contribution in [0.3, 0.4) is 0 Å². The number of hydrogen-bond acceptors (Lipinski definition) is 5. The molecule has 0 bridgehead atoms. The SMILES string of the molecule is O=C(Nc1ccc(Sc2ncn[nH]2)cc1)C1CCCCN1. The summed E-state index contributed by atoms with van der Waals surface area (Å²) >= 11 is 1.50. The van der Waals surface area contributed by atoms with Crippen LogP contribution in [0.5, 0.6) is 0 Å². The summed E-state index contributed by atoms with van der Waals surface area (Å²) in [6, 6.07) is 7.65.